The maximum atomic E-state index is 6.37. The molecule has 36 heavy (non-hydrogen) atoms. The third-order valence-electron chi connectivity index (χ3n) is 8.62. The molecule has 8 rings (SSSR count). The van der Waals surface area contributed by atoms with Gasteiger partial charge in [-0.15, -0.1) is 0 Å². The summed E-state index contributed by atoms with van der Waals surface area (Å²) in [6.07, 6.45) is 12.5. The molecule has 1 saturated heterocycles. The van der Waals surface area contributed by atoms with Crippen LogP contribution >= 0.6 is 0 Å². The molecule has 0 spiro atoms. The number of nitrogens with one attached hydrogen (secondary N) is 2. The highest BCUT2D eigenvalue weighted by Crippen LogP contribution is 2.50. The molecule has 6 nitrogen and oxygen atoms in total. The fourth-order valence-corrected chi connectivity index (χ4v) is 6.72. The van der Waals surface area contributed by atoms with Gasteiger partial charge in [-0.25, -0.2) is 4.98 Å². The second-order valence-electron chi connectivity index (χ2n) is 10.9. The highest BCUT2D eigenvalue weighted by Gasteiger charge is 2.31. The molecule has 0 bridgehead atoms. The number of allylic oxidation sites excluding steroid dienone is 1. The number of imidazole rings is 1. The molecule has 6 heteroatoms. The Kier molecular flexibility index (Phi) is 4.66. The lowest BCUT2D eigenvalue weighted by atomic mass is 9.86. The standard InChI is InChI=1S/C30H30N4O2/c1-2-5-17(4-1)30-33-14-25(34-30)19-9-22-16-35-26-11-18(8-21-15-36-27(12-19)29(22)28(21)26)20-10-24(32-13-20)23-6-3-7-31-23/h8-9,11-14,17,23,31H,1-7,10,15-16H2,(H,33,34)/t23-/m0/s1. The van der Waals surface area contributed by atoms with Gasteiger partial charge in [0.1, 0.15) is 30.5 Å². The average Bonchev–Trinajstić information content (AvgIpc) is 3.73. The maximum absolute atomic E-state index is 6.37. The van der Waals surface area contributed by atoms with E-state index in [0.29, 0.717) is 25.2 Å². The summed E-state index contributed by atoms with van der Waals surface area (Å²) < 4.78 is 12.7. The molecular weight excluding hydrogens is 448 g/mol. The first-order valence-corrected chi connectivity index (χ1v) is 13.4. The Morgan fingerprint density at radius 2 is 1.58 bits per heavy atom. The lowest BCUT2D eigenvalue weighted by Gasteiger charge is -2.30. The van der Waals surface area contributed by atoms with E-state index < -0.39 is 0 Å². The molecule has 182 valence electrons. The van der Waals surface area contributed by atoms with Gasteiger partial charge < -0.3 is 19.8 Å². The van der Waals surface area contributed by atoms with Crippen LogP contribution in [-0.4, -0.2) is 28.3 Å². The second-order valence-corrected chi connectivity index (χ2v) is 10.9. The van der Waals surface area contributed by atoms with Crippen LogP contribution in [0.3, 0.4) is 0 Å². The summed E-state index contributed by atoms with van der Waals surface area (Å²) in [4.78, 5) is 13.1. The van der Waals surface area contributed by atoms with Crippen LogP contribution in [0.2, 0.25) is 0 Å². The van der Waals surface area contributed by atoms with Crippen LogP contribution in [0.5, 0.6) is 11.5 Å². The molecule has 2 fully saturated rings. The number of hydrogen-bond donors (Lipinski definition) is 2. The van der Waals surface area contributed by atoms with Crippen LogP contribution < -0.4 is 14.8 Å². The first-order chi connectivity index (χ1) is 17.8. The molecule has 1 aromatic heterocycles. The summed E-state index contributed by atoms with van der Waals surface area (Å²) >= 11 is 0. The van der Waals surface area contributed by atoms with E-state index in [1.165, 1.54) is 77.6 Å². The van der Waals surface area contributed by atoms with Crippen molar-refractivity contribution in [3.05, 3.63) is 59.2 Å². The predicted octanol–water partition coefficient (Wildman–Crippen LogP) is 6.12. The monoisotopic (exact) mass is 478 g/mol. The highest BCUT2D eigenvalue weighted by molar-refractivity contribution is 6.02. The van der Waals surface area contributed by atoms with Crippen molar-refractivity contribution in [1.29, 1.82) is 0 Å². The maximum Gasteiger partial charge on any atom is 0.128 e. The van der Waals surface area contributed by atoms with Crippen molar-refractivity contribution < 1.29 is 9.47 Å². The summed E-state index contributed by atoms with van der Waals surface area (Å²) in [6, 6.07) is 9.34. The zero-order valence-electron chi connectivity index (χ0n) is 20.4. The molecule has 5 aliphatic rings. The van der Waals surface area contributed by atoms with Crippen molar-refractivity contribution >= 4 is 11.3 Å². The van der Waals surface area contributed by atoms with Gasteiger partial charge in [0.15, 0.2) is 0 Å². The normalized spacial score (nSPS) is 22.2. The van der Waals surface area contributed by atoms with Crippen LogP contribution in [-0.2, 0) is 13.2 Å². The third kappa shape index (κ3) is 3.27. The van der Waals surface area contributed by atoms with Crippen molar-refractivity contribution in [3.8, 4) is 33.9 Å². The highest BCUT2D eigenvalue weighted by atomic mass is 16.5. The molecule has 5 heterocycles. The number of hydrogen-bond acceptors (Lipinski definition) is 5. The van der Waals surface area contributed by atoms with Gasteiger partial charge in [-0.2, -0.15) is 0 Å². The van der Waals surface area contributed by atoms with Gasteiger partial charge in [-0.05, 0) is 67.6 Å². The van der Waals surface area contributed by atoms with Crippen molar-refractivity contribution in [2.24, 2.45) is 4.99 Å². The predicted molar refractivity (Wildman–Crippen MR) is 140 cm³/mol. The Labute approximate surface area is 210 Å². The quantitative estimate of drug-likeness (QED) is 0.474. The van der Waals surface area contributed by atoms with Crippen LogP contribution in [0.4, 0.5) is 0 Å². The molecule has 2 aromatic carbocycles. The van der Waals surface area contributed by atoms with Crippen molar-refractivity contribution in [2.45, 2.75) is 70.1 Å². The first-order valence-electron chi connectivity index (χ1n) is 13.4. The molecule has 0 unspecified atom stereocenters. The zero-order chi connectivity index (χ0) is 23.6. The summed E-state index contributed by atoms with van der Waals surface area (Å²) in [5, 5.41) is 3.58. The molecule has 2 N–H and O–H groups in total. The number of ether oxygens (including phenoxy) is 2. The number of aromatic nitrogens is 2. The van der Waals surface area contributed by atoms with Gasteiger partial charge in [0, 0.05) is 58.1 Å². The molecule has 3 aromatic rings. The van der Waals surface area contributed by atoms with E-state index in [0.717, 1.165) is 41.5 Å². The Bertz CT molecular complexity index is 1390. The molecular formula is C30H30N4O2. The SMILES string of the molecule is C1=C(c2cc3c4c(c2)OCc2cc(-c5cnc(C6CCCC6)[nH]5)cc(c2-4)OC3)CC([C@@H]2CCCN2)=N1. The van der Waals surface area contributed by atoms with Crippen LogP contribution in [0.25, 0.3) is 28.0 Å². The topological polar surface area (TPSA) is 71.5 Å². The molecule has 1 saturated carbocycles. The average molecular weight is 479 g/mol. The number of H-pyrrole nitrogens is 1. The van der Waals surface area contributed by atoms with Crippen molar-refractivity contribution in [1.82, 2.24) is 15.3 Å². The van der Waals surface area contributed by atoms with E-state index >= 15 is 0 Å². The van der Waals surface area contributed by atoms with Crippen LogP contribution in [0, 0.1) is 0 Å². The minimum atomic E-state index is 0.432. The number of aliphatic imine (C=N–C) groups is 1. The van der Waals surface area contributed by atoms with E-state index in [1.54, 1.807) is 0 Å². The first kappa shape index (κ1) is 20.8. The molecule has 4 aliphatic heterocycles. The Hall–Kier alpha value is -3.38. The van der Waals surface area contributed by atoms with Crippen LogP contribution in [0.1, 0.15) is 73.4 Å². The van der Waals surface area contributed by atoms with E-state index in [2.05, 4.69) is 34.6 Å². The Balaban J connectivity index is 1.12. The smallest absolute Gasteiger partial charge is 0.128 e. The lowest BCUT2D eigenvalue weighted by Crippen LogP contribution is -2.29. The van der Waals surface area contributed by atoms with E-state index in [9.17, 15) is 0 Å². The molecule has 1 aliphatic carbocycles. The van der Waals surface area contributed by atoms with Gasteiger partial charge >= 0.3 is 0 Å². The minimum absolute atomic E-state index is 0.432. The third-order valence-corrected chi connectivity index (χ3v) is 8.62. The minimum Gasteiger partial charge on any atom is -0.488 e. The summed E-state index contributed by atoms with van der Waals surface area (Å²) in [5.41, 5.74) is 10.7. The number of rotatable bonds is 4. The molecule has 0 radical (unpaired) electrons. The Morgan fingerprint density at radius 1 is 0.833 bits per heavy atom. The number of nitrogens with zero attached hydrogens (tertiary/aromatic N) is 2. The van der Waals surface area contributed by atoms with Crippen molar-refractivity contribution in [3.63, 3.8) is 0 Å². The van der Waals surface area contributed by atoms with Gasteiger partial charge in [0.2, 0.25) is 0 Å². The second kappa shape index (κ2) is 8.07. The summed E-state index contributed by atoms with van der Waals surface area (Å²) in [5.74, 6) is 3.61. The fraction of sp³-hybridized carbons (Fsp3) is 0.400. The fourth-order valence-electron chi connectivity index (χ4n) is 6.72. The van der Waals surface area contributed by atoms with Gasteiger partial charge in [-0.1, -0.05) is 12.8 Å². The van der Waals surface area contributed by atoms with Gasteiger partial charge in [0.05, 0.1) is 11.9 Å². The zero-order valence-corrected chi connectivity index (χ0v) is 20.4. The van der Waals surface area contributed by atoms with Crippen LogP contribution in [0.15, 0.2) is 41.7 Å². The van der Waals surface area contributed by atoms with Crippen molar-refractivity contribution in [2.75, 3.05) is 6.54 Å². The molecule has 1 atom stereocenters. The van der Waals surface area contributed by atoms with E-state index in [4.69, 9.17) is 19.5 Å². The lowest BCUT2D eigenvalue weighted by molar-refractivity contribution is 0.278. The largest absolute Gasteiger partial charge is 0.488 e. The Morgan fingerprint density at radius 3 is 2.33 bits per heavy atom. The molecule has 0 amide bonds. The number of benzene rings is 2. The van der Waals surface area contributed by atoms with E-state index in [-0.39, 0.29) is 0 Å². The summed E-state index contributed by atoms with van der Waals surface area (Å²) in [7, 11) is 0. The number of aromatic amines is 1. The van der Waals surface area contributed by atoms with Gasteiger partial charge in [0.25, 0.3) is 0 Å². The van der Waals surface area contributed by atoms with E-state index in [1.807, 2.05) is 12.4 Å². The van der Waals surface area contributed by atoms with Gasteiger partial charge in [-0.3, -0.25) is 4.99 Å². The summed E-state index contributed by atoms with van der Waals surface area (Å²) in [6.45, 7) is 2.20.